The van der Waals surface area contributed by atoms with Crippen LogP contribution in [0.2, 0.25) is 10.0 Å². The van der Waals surface area contributed by atoms with Crippen LogP contribution in [0.3, 0.4) is 0 Å². The van der Waals surface area contributed by atoms with Crippen molar-refractivity contribution < 1.29 is 14.3 Å². The lowest BCUT2D eigenvalue weighted by atomic mass is 9.99. The van der Waals surface area contributed by atoms with Gasteiger partial charge in [0.1, 0.15) is 22.5 Å². The quantitative estimate of drug-likeness (QED) is 0.350. The molecule has 0 spiro atoms. The van der Waals surface area contributed by atoms with Crippen LogP contribution in [0.4, 0.5) is 5.69 Å². The number of para-hydroxylation sites is 1. The van der Waals surface area contributed by atoms with Crippen molar-refractivity contribution in [3.8, 4) is 22.6 Å². The van der Waals surface area contributed by atoms with Crippen LogP contribution in [0.15, 0.2) is 54.9 Å². The molecule has 3 heterocycles. The fourth-order valence-corrected chi connectivity index (χ4v) is 4.95. The Morgan fingerprint density at radius 3 is 2.64 bits per heavy atom. The molecule has 1 atom stereocenters. The molecular weight excluding hydrogens is 499 g/mol. The molecule has 9 heteroatoms. The SMILES string of the molecule is COc1cnc2c(N(C)C)c(C(=O)N[C@H]3CCOc4ccccc43)cnc2c1-c1cccc(Cl)c1Cl. The summed E-state index contributed by atoms with van der Waals surface area (Å²) in [6.07, 6.45) is 3.86. The smallest absolute Gasteiger partial charge is 0.255 e. The van der Waals surface area contributed by atoms with Gasteiger partial charge in [-0.2, -0.15) is 0 Å². The first-order chi connectivity index (χ1) is 17.4. The summed E-state index contributed by atoms with van der Waals surface area (Å²) >= 11 is 12.9. The number of hydrogen-bond donors (Lipinski definition) is 1. The highest BCUT2D eigenvalue weighted by molar-refractivity contribution is 6.44. The summed E-state index contributed by atoms with van der Waals surface area (Å²) in [6.45, 7) is 0.531. The van der Waals surface area contributed by atoms with Crippen molar-refractivity contribution in [3.63, 3.8) is 0 Å². The number of ether oxygens (including phenoxy) is 2. The molecule has 36 heavy (non-hydrogen) atoms. The van der Waals surface area contributed by atoms with Crippen LogP contribution in [-0.4, -0.2) is 43.7 Å². The minimum Gasteiger partial charge on any atom is -0.494 e. The third kappa shape index (κ3) is 4.18. The number of benzene rings is 2. The maximum absolute atomic E-state index is 13.6. The zero-order valence-electron chi connectivity index (χ0n) is 20.0. The van der Waals surface area contributed by atoms with Crippen molar-refractivity contribution in [2.45, 2.75) is 12.5 Å². The maximum atomic E-state index is 13.6. The molecule has 1 N–H and O–H groups in total. The normalized spacial score (nSPS) is 14.6. The first-order valence-corrected chi connectivity index (χ1v) is 12.2. The number of carbonyl (C=O) groups excluding carboxylic acids is 1. The number of fused-ring (bicyclic) bond motifs is 2. The van der Waals surface area contributed by atoms with Crippen LogP contribution >= 0.6 is 23.2 Å². The van der Waals surface area contributed by atoms with E-state index in [2.05, 4.69) is 15.3 Å². The topological polar surface area (TPSA) is 76.6 Å². The van der Waals surface area contributed by atoms with Crippen molar-refractivity contribution in [1.82, 2.24) is 15.3 Å². The third-order valence-corrected chi connectivity index (χ3v) is 7.04. The maximum Gasteiger partial charge on any atom is 0.255 e. The van der Waals surface area contributed by atoms with Gasteiger partial charge in [-0.3, -0.25) is 9.78 Å². The molecule has 4 aromatic rings. The number of nitrogens with zero attached hydrogens (tertiary/aromatic N) is 3. The van der Waals surface area contributed by atoms with E-state index in [1.807, 2.05) is 55.4 Å². The van der Waals surface area contributed by atoms with Crippen LogP contribution < -0.4 is 19.7 Å². The van der Waals surface area contributed by atoms with Gasteiger partial charge in [-0.15, -0.1) is 0 Å². The number of methoxy groups -OCH3 is 1. The van der Waals surface area contributed by atoms with E-state index in [0.29, 0.717) is 62.2 Å². The van der Waals surface area contributed by atoms with Gasteiger partial charge in [0.15, 0.2) is 0 Å². The molecule has 1 aliphatic heterocycles. The number of carbonyl (C=O) groups is 1. The summed E-state index contributed by atoms with van der Waals surface area (Å²) in [5.41, 5.74) is 4.43. The van der Waals surface area contributed by atoms with Crippen LogP contribution in [0, 0.1) is 0 Å². The molecule has 0 saturated heterocycles. The Balaban J connectivity index is 1.64. The number of aromatic nitrogens is 2. The first kappa shape index (κ1) is 24.2. The standard InChI is InChI=1S/C27H24Cl2N4O3/c1-33(2)26-17(27(34)32-19-11-12-36-20-10-5-4-7-15(19)20)13-30-24-22(21(35-3)14-31-25(24)26)16-8-6-9-18(28)23(16)29/h4-10,13-14,19H,11-12H2,1-3H3,(H,32,34)/t19-/m0/s1. The highest BCUT2D eigenvalue weighted by Crippen LogP contribution is 2.43. The summed E-state index contributed by atoms with van der Waals surface area (Å²) in [5, 5.41) is 3.97. The van der Waals surface area contributed by atoms with Crippen molar-refractivity contribution in [1.29, 1.82) is 0 Å². The highest BCUT2D eigenvalue weighted by Gasteiger charge is 2.27. The van der Waals surface area contributed by atoms with Gasteiger partial charge in [-0.1, -0.05) is 53.5 Å². The van der Waals surface area contributed by atoms with Gasteiger partial charge in [0, 0.05) is 37.8 Å². The van der Waals surface area contributed by atoms with Crippen molar-refractivity contribution in [3.05, 3.63) is 76.0 Å². The van der Waals surface area contributed by atoms with Gasteiger partial charge in [-0.25, -0.2) is 4.98 Å². The lowest BCUT2D eigenvalue weighted by molar-refractivity contribution is 0.0925. The monoisotopic (exact) mass is 522 g/mol. The second-order valence-corrected chi connectivity index (χ2v) is 9.40. The first-order valence-electron chi connectivity index (χ1n) is 11.4. The molecule has 0 saturated carbocycles. The molecule has 0 fully saturated rings. The van der Waals surface area contributed by atoms with E-state index in [4.69, 9.17) is 32.7 Å². The molecule has 2 aromatic heterocycles. The predicted octanol–water partition coefficient (Wildman–Crippen LogP) is 5.93. The molecule has 1 amide bonds. The van der Waals surface area contributed by atoms with Gasteiger partial charge in [0.2, 0.25) is 0 Å². The average Bonchev–Trinajstić information content (AvgIpc) is 2.89. The third-order valence-electron chi connectivity index (χ3n) is 6.22. The van der Waals surface area contributed by atoms with Gasteiger partial charge in [0.05, 0.1) is 52.8 Å². The molecular formula is C27H24Cl2N4O3. The van der Waals surface area contributed by atoms with Crippen molar-refractivity contribution in [2.24, 2.45) is 0 Å². The van der Waals surface area contributed by atoms with E-state index in [1.54, 1.807) is 25.6 Å². The van der Waals surface area contributed by atoms with Crippen molar-refractivity contribution in [2.75, 3.05) is 32.7 Å². The van der Waals surface area contributed by atoms with Gasteiger partial charge in [0.25, 0.3) is 5.91 Å². The van der Waals surface area contributed by atoms with Gasteiger partial charge >= 0.3 is 0 Å². The highest BCUT2D eigenvalue weighted by atomic mass is 35.5. The number of hydrogen-bond acceptors (Lipinski definition) is 6. The molecule has 0 bridgehead atoms. The number of anilines is 1. The average molecular weight is 523 g/mol. The molecule has 184 valence electrons. The number of halogens is 2. The molecule has 0 radical (unpaired) electrons. The summed E-state index contributed by atoms with van der Waals surface area (Å²) in [7, 11) is 5.30. The Kier molecular flexibility index (Phi) is 6.60. The van der Waals surface area contributed by atoms with Crippen LogP contribution in [0.5, 0.6) is 11.5 Å². The zero-order valence-corrected chi connectivity index (χ0v) is 21.5. The Bertz CT molecular complexity index is 1480. The Hall–Kier alpha value is -3.55. The molecule has 0 unspecified atom stereocenters. The molecule has 2 aromatic carbocycles. The summed E-state index contributed by atoms with van der Waals surface area (Å²) in [6, 6.07) is 13.0. The molecule has 5 rings (SSSR count). The van der Waals surface area contributed by atoms with Crippen LogP contribution in [0.1, 0.15) is 28.4 Å². The Morgan fingerprint density at radius 2 is 1.86 bits per heavy atom. The predicted molar refractivity (Wildman–Crippen MR) is 143 cm³/mol. The second-order valence-electron chi connectivity index (χ2n) is 8.62. The Morgan fingerprint density at radius 1 is 1.08 bits per heavy atom. The fraction of sp³-hybridized carbons (Fsp3) is 0.222. The summed E-state index contributed by atoms with van der Waals surface area (Å²) in [4.78, 5) is 24.7. The van der Waals surface area contributed by atoms with Crippen LogP contribution in [0.25, 0.3) is 22.2 Å². The zero-order chi connectivity index (χ0) is 25.4. The second kappa shape index (κ2) is 9.84. The lowest BCUT2D eigenvalue weighted by Crippen LogP contribution is -2.33. The molecule has 1 aliphatic rings. The minimum absolute atomic E-state index is 0.169. The van der Waals surface area contributed by atoms with E-state index in [9.17, 15) is 4.79 Å². The van der Waals surface area contributed by atoms with E-state index >= 15 is 0 Å². The number of amides is 1. The van der Waals surface area contributed by atoms with E-state index in [0.717, 1.165) is 11.3 Å². The van der Waals surface area contributed by atoms with Crippen molar-refractivity contribution >= 4 is 45.8 Å². The molecule has 0 aliphatic carbocycles. The van der Waals surface area contributed by atoms with E-state index in [-0.39, 0.29) is 11.9 Å². The minimum atomic E-state index is -0.241. The number of nitrogens with one attached hydrogen (secondary N) is 1. The van der Waals surface area contributed by atoms with Crippen LogP contribution in [-0.2, 0) is 0 Å². The number of pyridine rings is 2. The van der Waals surface area contributed by atoms with E-state index < -0.39 is 0 Å². The number of rotatable bonds is 5. The van der Waals surface area contributed by atoms with E-state index in [1.165, 1.54) is 0 Å². The Labute approximate surface area is 219 Å². The lowest BCUT2D eigenvalue weighted by Gasteiger charge is -2.27. The largest absolute Gasteiger partial charge is 0.494 e. The summed E-state index contributed by atoms with van der Waals surface area (Å²) in [5.74, 6) is 1.05. The van der Waals surface area contributed by atoms with Gasteiger partial charge < -0.3 is 19.7 Å². The fourth-order valence-electron chi connectivity index (χ4n) is 4.56. The summed E-state index contributed by atoms with van der Waals surface area (Å²) < 4.78 is 11.3. The molecule has 7 nitrogen and oxygen atoms in total. The van der Waals surface area contributed by atoms with Gasteiger partial charge in [-0.05, 0) is 12.1 Å².